The molecule has 0 bridgehead atoms. The molecule has 1 aromatic heterocycles. The zero-order chi connectivity index (χ0) is 24.1. The second kappa shape index (κ2) is 9.89. The van der Waals surface area contributed by atoms with E-state index >= 15 is 0 Å². The number of halogens is 1. The Bertz CT molecular complexity index is 1410. The number of rotatable bonds is 8. The molecule has 0 aliphatic carbocycles. The zero-order valence-corrected chi connectivity index (χ0v) is 19.4. The summed E-state index contributed by atoms with van der Waals surface area (Å²) in [6.07, 6.45) is 1.56. The van der Waals surface area contributed by atoms with E-state index in [9.17, 15) is 13.2 Å². The van der Waals surface area contributed by atoms with E-state index < -0.39 is 10.0 Å². The van der Waals surface area contributed by atoms with E-state index in [0.717, 1.165) is 11.3 Å². The maximum atomic E-state index is 13.0. The molecule has 2 N–H and O–H groups in total. The summed E-state index contributed by atoms with van der Waals surface area (Å²) in [5.74, 6) is -0.196. The maximum absolute atomic E-state index is 13.0. The lowest BCUT2D eigenvalue weighted by molar-refractivity contribution is -0.115. The topological polar surface area (TPSA) is 128 Å². The highest BCUT2D eigenvalue weighted by atomic mass is 35.5. The third kappa shape index (κ3) is 5.33. The molecule has 0 unspecified atom stereocenters. The van der Waals surface area contributed by atoms with Gasteiger partial charge in [-0.1, -0.05) is 35.9 Å². The summed E-state index contributed by atoms with van der Waals surface area (Å²) in [5, 5.41) is 14.0. The monoisotopic (exact) mass is 498 g/mol. The van der Waals surface area contributed by atoms with Crippen molar-refractivity contribution in [3.8, 4) is 11.4 Å². The molecule has 1 heterocycles. The highest BCUT2D eigenvalue weighted by Crippen LogP contribution is 2.30. The van der Waals surface area contributed by atoms with E-state index in [0.29, 0.717) is 5.69 Å². The lowest BCUT2D eigenvalue weighted by Gasteiger charge is -2.14. The molecule has 0 saturated carbocycles. The molecular weight excluding hydrogens is 480 g/mol. The first-order valence-electron chi connectivity index (χ1n) is 9.93. The van der Waals surface area contributed by atoms with Crippen LogP contribution in [0.2, 0.25) is 5.02 Å². The Morgan fingerprint density at radius 2 is 1.85 bits per heavy atom. The maximum Gasteiger partial charge on any atom is 0.265 e. The Hall–Kier alpha value is -3.96. The van der Waals surface area contributed by atoms with Gasteiger partial charge in [0.2, 0.25) is 5.91 Å². The third-order valence-electron chi connectivity index (χ3n) is 4.77. The molecule has 0 saturated heterocycles. The van der Waals surface area contributed by atoms with Crippen LogP contribution in [0.3, 0.4) is 0 Å². The van der Waals surface area contributed by atoms with Crippen molar-refractivity contribution in [2.45, 2.75) is 11.3 Å². The molecule has 10 nitrogen and oxygen atoms in total. The quantitative estimate of drug-likeness (QED) is 0.381. The van der Waals surface area contributed by atoms with Crippen molar-refractivity contribution >= 4 is 38.9 Å². The van der Waals surface area contributed by atoms with Gasteiger partial charge in [-0.25, -0.2) is 13.1 Å². The fraction of sp³-hybridized carbons (Fsp3) is 0.0909. The number of amides is 1. The Morgan fingerprint density at radius 3 is 2.53 bits per heavy atom. The van der Waals surface area contributed by atoms with Crippen LogP contribution in [-0.4, -0.2) is 41.6 Å². The smallest absolute Gasteiger partial charge is 0.265 e. The molecule has 1 amide bonds. The van der Waals surface area contributed by atoms with E-state index in [1.165, 1.54) is 30.3 Å². The zero-order valence-electron chi connectivity index (χ0n) is 17.8. The van der Waals surface area contributed by atoms with Gasteiger partial charge in [-0.05, 0) is 58.5 Å². The van der Waals surface area contributed by atoms with Gasteiger partial charge < -0.3 is 10.1 Å². The molecule has 0 spiro atoms. The molecule has 0 aliphatic rings. The molecule has 0 atom stereocenters. The molecule has 4 aromatic rings. The number of sulfonamides is 1. The summed E-state index contributed by atoms with van der Waals surface area (Å²) in [7, 11) is -2.69. The van der Waals surface area contributed by atoms with Crippen LogP contribution in [0.25, 0.3) is 5.69 Å². The van der Waals surface area contributed by atoms with Crippen molar-refractivity contribution in [2.75, 3.05) is 17.1 Å². The summed E-state index contributed by atoms with van der Waals surface area (Å²) in [6.45, 7) is 0. The summed E-state index contributed by atoms with van der Waals surface area (Å²) in [4.78, 5) is 12.4. The Balaban J connectivity index is 1.50. The van der Waals surface area contributed by atoms with Crippen molar-refractivity contribution in [3.05, 3.63) is 83.6 Å². The van der Waals surface area contributed by atoms with Crippen LogP contribution in [0.5, 0.6) is 5.75 Å². The van der Waals surface area contributed by atoms with Gasteiger partial charge in [0.1, 0.15) is 17.0 Å². The summed E-state index contributed by atoms with van der Waals surface area (Å²) in [5.41, 5.74) is 2.04. The molecule has 4 rings (SSSR count). The van der Waals surface area contributed by atoms with Crippen molar-refractivity contribution < 1.29 is 17.9 Å². The van der Waals surface area contributed by atoms with Gasteiger partial charge in [0.25, 0.3) is 10.0 Å². The molecule has 0 aliphatic heterocycles. The second-order valence-corrected chi connectivity index (χ2v) is 9.15. The van der Waals surface area contributed by atoms with E-state index in [1.807, 2.05) is 0 Å². The normalized spacial score (nSPS) is 11.1. The number of nitrogens with one attached hydrogen (secondary N) is 2. The number of carbonyl (C=O) groups excluding carboxylic acids is 1. The van der Waals surface area contributed by atoms with E-state index in [-0.39, 0.29) is 33.7 Å². The molecule has 174 valence electrons. The van der Waals surface area contributed by atoms with Gasteiger partial charge in [-0.3, -0.25) is 9.52 Å². The minimum atomic E-state index is -4.05. The lowest BCUT2D eigenvalue weighted by atomic mass is 10.1. The number of anilines is 2. The largest absolute Gasteiger partial charge is 0.495 e. The molecule has 0 radical (unpaired) electrons. The van der Waals surface area contributed by atoms with Gasteiger partial charge in [-0.15, -0.1) is 5.10 Å². The van der Waals surface area contributed by atoms with Crippen molar-refractivity contribution in [3.63, 3.8) is 0 Å². The van der Waals surface area contributed by atoms with Crippen molar-refractivity contribution in [1.82, 2.24) is 20.2 Å². The minimum absolute atomic E-state index is 0.0852. The van der Waals surface area contributed by atoms with Crippen molar-refractivity contribution in [2.24, 2.45) is 0 Å². The van der Waals surface area contributed by atoms with E-state index in [4.69, 9.17) is 16.3 Å². The average Bonchev–Trinajstić information content (AvgIpc) is 3.36. The van der Waals surface area contributed by atoms with Gasteiger partial charge in [0, 0.05) is 5.69 Å². The number of carbonyl (C=O) groups is 1. The number of nitrogens with zero attached hydrogens (tertiary/aromatic N) is 4. The summed E-state index contributed by atoms with van der Waals surface area (Å²) < 4.78 is 35.2. The van der Waals surface area contributed by atoms with E-state index in [1.54, 1.807) is 54.6 Å². The first-order chi connectivity index (χ1) is 16.4. The number of hydrogen-bond donors (Lipinski definition) is 2. The number of benzene rings is 3. The van der Waals surface area contributed by atoms with Crippen LogP contribution >= 0.6 is 11.6 Å². The Morgan fingerprint density at radius 1 is 1.09 bits per heavy atom. The van der Waals surface area contributed by atoms with Gasteiger partial charge in [0.15, 0.2) is 0 Å². The standard InChI is InChI=1S/C22H19ClN6O4S/c1-33-20-11-8-16(13-21(20)34(31,32)26-19-5-3-2-4-18(19)23)25-22(30)12-15-6-9-17(10-7-15)29-14-24-27-28-29/h2-11,13-14,26H,12H2,1H3,(H,25,30). The van der Waals surface area contributed by atoms with Crippen LogP contribution in [-0.2, 0) is 21.2 Å². The van der Waals surface area contributed by atoms with Crippen molar-refractivity contribution in [1.29, 1.82) is 0 Å². The Labute approximate surface area is 200 Å². The predicted octanol–water partition coefficient (Wildman–Crippen LogP) is 3.31. The second-order valence-electron chi connectivity index (χ2n) is 7.10. The number of para-hydroxylation sites is 1. The number of aromatic nitrogens is 4. The van der Waals surface area contributed by atoms with Crippen LogP contribution < -0.4 is 14.8 Å². The summed E-state index contributed by atoms with van der Waals surface area (Å²) >= 11 is 6.08. The highest BCUT2D eigenvalue weighted by Gasteiger charge is 2.22. The van der Waals surface area contributed by atoms with E-state index in [2.05, 4.69) is 25.6 Å². The molecule has 34 heavy (non-hydrogen) atoms. The highest BCUT2D eigenvalue weighted by molar-refractivity contribution is 7.92. The minimum Gasteiger partial charge on any atom is -0.495 e. The average molecular weight is 499 g/mol. The fourth-order valence-electron chi connectivity index (χ4n) is 3.14. The third-order valence-corrected chi connectivity index (χ3v) is 6.49. The predicted molar refractivity (Wildman–Crippen MR) is 127 cm³/mol. The first-order valence-corrected chi connectivity index (χ1v) is 11.8. The fourth-order valence-corrected chi connectivity index (χ4v) is 4.66. The molecule has 12 heteroatoms. The number of tetrazole rings is 1. The number of ether oxygens (including phenoxy) is 1. The van der Waals surface area contributed by atoms with Crippen LogP contribution in [0.1, 0.15) is 5.56 Å². The van der Waals surface area contributed by atoms with Gasteiger partial charge in [0.05, 0.1) is 29.9 Å². The lowest BCUT2D eigenvalue weighted by Crippen LogP contribution is -2.17. The van der Waals surface area contributed by atoms with Gasteiger partial charge >= 0.3 is 0 Å². The SMILES string of the molecule is COc1ccc(NC(=O)Cc2ccc(-n3cnnn3)cc2)cc1S(=O)(=O)Nc1ccccc1Cl. The number of methoxy groups -OCH3 is 1. The number of hydrogen-bond acceptors (Lipinski definition) is 7. The first kappa shape index (κ1) is 23.2. The van der Waals surface area contributed by atoms with Crippen LogP contribution in [0, 0.1) is 0 Å². The molecular formula is C22H19ClN6O4S. The van der Waals surface area contributed by atoms with Crippen LogP contribution in [0.4, 0.5) is 11.4 Å². The molecule has 0 fully saturated rings. The van der Waals surface area contributed by atoms with Crippen LogP contribution in [0.15, 0.2) is 78.0 Å². The molecule has 3 aromatic carbocycles. The summed E-state index contributed by atoms with van der Waals surface area (Å²) in [6, 6.07) is 18.0. The Kier molecular flexibility index (Phi) is 6.75. The van der Waals surface area contributed by atoms with Gasteiger partial charge in [-0.2, -0.15) is 0 Å².